The summed E-state index contributed by atoms with van der Waals surface area (Å²) in [6.45, 7) is 4.03. The average Bonchev–Trinajstić information content (AvgIpc) is 3.33. The molecule has 2 heterocycles. The Labute approximate surface area is 236 Å². The van der Waals surface area contributed by atoms with Crippen LogP contribution in [0.4, 0.5) is 15.9 Å². The summed E-state index contributed by atoms with van der Waals surface area (Å²) in [5, 5.41) is 15.8. The number of methoxy groups -OCH3 is 1. The molecule has 208 valence electrons. The first-order valence-electron chi connectivity index (χ1n) is 13.0. The van der Waals surface area contributed by atoms with Crippen molar-refractivity contribution in [2.75, 3.05) is 12.4 Å². The Hall–Kier alpha value is -5.18. The Kier molecular flexibility index (Phi) is 7.69. The quantitative estimate of drug-likeness (QED) is 0.194. The van der Waals surface area contributed by atoms with E-state index in [0.29, 0.717) is 28.5 Å². The predicted octanol–water partition coefficient (Wildman–Crippen LogP) is 6.46. The van der Waals surface area contributed by atoms with Crippen molar-refractivity contribution in [3.05, 3.63) is 113 Å². The van der Waals surface area contributed by atoms with Gasteiger partial charge in [-0.3, -0.25) is 14.0 Å². The molecule has 0 bridgehead atoms. The Morgan fingerprint density at radius 3 is 2.39 bits per heavy atom. The van der Waals surface area contributed by atoms with E-state index in [1.54, 1.807) is 23.6 Å². The van der Waals surface area contributed by atoms with Gasteiger partial charge >= 0.3 is 5.97 Å². The molecule has 0 saturated carbocycles. The summed E-state index contributed by atoms with van der Waals surface area (Å²) in [5.74, 6) is -0.747. The van der Waals surface area contributed by atoms with Gasteiger partial charge in [-0.15, -0.1) is 0 Å². The standard InChI is InChI=1S/C32H29FN4O4/c1-19-7-4-8-20(2)28(19)35-31-29(22-9-5-10-24(17-22)41-3)36-30-25(11-6-16-37(30)31)32(40)34-26(18-27(38)39)21-12-14-23(33)15-13-21/h4-17,26,35H,18H2,1-3H3,(H,34,40)(H,38,39). The zero-order chi connectivity index (χ0) is 29.1. The van der Waals surface area contributed by atoms with Crippen molar-refractivity contribution in [1.29, 1.82) is 0 Å². The Bertz CT molecular complexity index is 1730. The zero-order valence-electron chi connectivity index (χ0n) is 22.8. The molecule has 0 aliphatic rings. The molecule has 3 aromatic carbocycles. The average molecular weight is 553 g/mol. The number of amides is 1. The Morgan fingerprint density at radius 1 is 1.00 bits per heavy atom. The van der Waals surface area contributed by atoms with Crippen LogP contribution in [0.2, 0.25) is 0 Å². The number of fused-ring (bicyclic) bond motifs is 1. The number of nitrogens with zero attached hydrogens (tertiary/aromatic N) is 2. The summed E-state index contributed by atoms with van der Waals surface area (Å²) in [5.41, 5.74) is 5.50. The van der Waals surface area contributed by atoms with E-state index in [-0.39, 0.29) is 12.0 Å². The number of ether oxygens (including phenoxy) is 1. The molecular weight excluding hydrogens is 523 g/mol. The van der Waals surface area contributed by atoms with Gasteiger partial charge in [0.05, 0.1) is 25.1 Å². The number of hydrogen-bond acceptors (Lipinski definition) is 5. The molecule has 0 aliphatic heterocycles. The monoisotopic (exact) mass is 552 g/mol. The highest BCUT2D eigenvalue weighted by atomic mass is 19.1. The fourth-order valence-corrected chi connectivity index (χ4v) is 4.82. The van der Waals surface area contributed by atoms with E-state index in [1.165, 1.54) is 24.3 Å². The van der Waals surface area contributed by atoms with Gasteiger partial charge in [-0.1, -0.05) is 42.5 Å². The number of aromatic nitrogens is 2. The van der Waals surface area contributed by atoms with Crippen LogP contribution in [-0.2, 0) is 4.79 Å². The third-order valence-electron chi connectivity index (χ3n) is 6.92. The molecule has 0 fully saturated rings. The summed E-state index contributed by atoms with van der Waals surface area (Å²) in [6, 6.07) is 21.4. The topological polar surface area (TPSA) is 105 Å². The van der Waals surface area contributed by atoms with E-state index in [4.69, 9.17) is 9.72 Å². The van der Waals surface area contributed by atoms with E-state index in [0.717, 1.165) is 22.4 Å². The fraction of sp³-hybridized carbons (Fsp3) is 0.156. The number of carboxylic acids is 1. The third-order valence-corrected chi connectivity index (χ3v) is 6.92. The van der Waals surface area contributed by atoms with Gasteiger partial charge in [-0.2, -0.15) is 0 Å². The molecule has 0 aliphatic carbocycles. The Balaban J connectivity index is 1.62. The van der Waals surface area contributed by atoms with Gasteiger partial charge in [0.15, 0.2) is 5.65 Å². The van der Waals surface area contributed by atoms with E-state index in [1.807, 2.05) is 62.5 Å². The lowest BCUT2D eigenvalue weighted by Gasteiger charge is -2.18. The number of halogens is 1. The number of nitrogens with one attached hydrogen (secondary N) is 2. The van der Waals surface area contributed by atoms with Crippen molar-refractivity contribution in [3.8, 4) is 17.0 Å². The van der Waals surface area contributed by atoms with Crippen LogP contribution in [0.1, 0.15) is 39.5 Å². The van der Waals surface area contributed by atoms with Crippen molar-refractivity contribution < 1.29 is 23.8 Å². The van der Waals surface area contributed by atoms with Gasteiger partial charge in [0, 0.05) is 17.4 Å². The van der Waals surface area contributed by atoms with E-state index >= 15 is 0 Å². The molecule has 1 unspecified atom stereocenters. The highest BCUT2D eigenvalue weighted by Gasteiger charge is 2.24. The van der Waals surface area contributed by atoms with Crippen LogP contribution < -0.4 is 15.4 Å². The molecule has 2 aromatic heterocycles. The van der Waals surface area contributed by atoms with Crippen LogP contribution in [-0.4, -0.2) is 33.5 Å². The van der Waals surface area contributed by atoms with E-state index in [2.05, 4.69) is 10.6 Å². The minimum Gasteiger partial charge on any atom is -0.497 e. The lowest BCUT2D eigenvalue weighted by molar-refractivity contribution is -0.137. The number of carbonyl (C=O) groups excluding carboxylic acids is 1. The number of imidazole rings is 1. The molecule has 41 heavy (non-hydrogen) atoms. The summed E-state index contributed by atoms with van der Waals surface area (Å²) < 4.78 is 20.8. The molecule has 3 N–H and O–H groups in total. The van der Waals surface area contributed by atoms with Gasteiger partial charge in [0.2, 0.25) is 0 Å². The molecule has 5 aromatic rings. The highest BCUT2D eigenvalue weighted by Crippen LogP contribution is 2.35. The van der Waals surface area contributed by atoms with Crippen LogP contribution >= 0.6 is 0 Å². The zero-order valence-corrected chi connectivity index (χ0v) is 22.8. The predicted molar refractivity (Wildman–Crippen MR) is 155 cm³/mol. The molecule has 8 nitrogen and oxygen atoms in total. The molecule has 0 radical (unpaired) electrons. The number of pyridine rings is 1. The van der Waals surface area contributed by atoms with Crippen molar-refractivity contribution >= 4 is 29.0 Å². The van der Waals surface area contributed by atoms with Crippen LogP contribution in [0.25, 0.3) is 16.9 Å². The number of aliphatic carboxylic acids is 1. The number of aryl methyl sites for hydroxylation is 2. The SMILES string of the molecule is COc1cccc(-c2nc3c(C(=O)NC(CC(=O)O)c4ccc(F)cc4)cccn3c2Nc2c(C)cccc2C)c1. The smallest absolute Gasteiger partial charge is 0.305 e. The number of carbonyl (C=O) groups is 2. The van der Waals surface area contributed by atoms with Gasteiger partial charge in [-0.05, 0) is 66.9 Å². The van der Waals surface area contributed by atoms with Crippen LogP contribution in [0.3, 0.4) is 0 Å². The maximum absolute atomic E-state index is 13.6. The highest BCUT2D eigenvalue weighted by molar-refractivity contribution is 6.01. The van der Waals surface area contributed by atoms with Crippen molar-refractivity contribution in [1.82, 2.24) is 14.7 Å². The van der Waals surface area contributed by atoms with Crippen molar-refractivity contribution in [3.63, 3.8) is 0 Å². The van der Waals surface area contributed by atoms with Gasteiger partial charge < -0.3 is 20.5 Å². The summed E-state index contributed by atoms with van der Waals surface area (Å²) in [6.07, 6.45) is 1.44. The summed E-state index contributed by atoms with van der Waals surface area (Å²) >= 11 is 0. The number of rotatable bonds is 9. The largest absolute Gasteiger partial charge is 0.497 e. The van der Waals surface area contributed by atoms with Crippen LogP contribution in [0.5, 0.6) is 5.75 Å². The molecule has 9 heteroatoms. The molecule has 1 atom stereocenters. The number of benzene rings is 3. The first kappa shape index (κ1) is 27.4. The number of carboxylic acid groups (broad SMARTS) is 1. The number of anilines is 2. The summed E-state index contributed by atoms with van der Waals surface area (Å²) in [4.78, 5) is 30.2. The fourth-order valence-electron chi connectivity index (χ4n) is 4.82. The maximum Gasteiger partial charge on any atom is 0.305 e. The second-order valence-corrected chi connectivity index (χ2v) is 9.72. The van der Waals surface area contributed by atoms with Gasteiger partial charge in [0.25, 0.3) is 5.91 Å². The Morgan fingerprint density at radius 2 is 1.71 bits per heavy atom. The molecule has 0 spiro atoms. The molecule has 5 rings (SSSR count). The van der Waals surface area contributed by atoms with Crippen molar-refractivity contribution in [2.45, 2.75) is 26.3 Å². The minimum atomic E-state index is -1.10. The minimum absolute atomic E-state index is 0.253. The lowest BCUT2D eigenvalue weighted by Crippen LogP contribution is -2.30. The lowest BCUT2D eigenvalue weighted by atomic mass is 10.0. The first-order valence-corrected chi connectivity index (χ1v) is 13.0. The third kappa shape index (κ3) is 5.74. The van der Waals surface area contributed by atoms with Crippen molar-refractivity contribution in [2.24, 2.45) is 0 Å². The number of hydrogen-bond donors (Lipinski definition) is 3. The second-order valence-electron chi connectivity index (χ2n) is 9.72. The van der Waals surface area contributed by atoms with Gasteiger partial charge in [-0.25, -0.2) is 9.37 Å². The molecule has 0 saturated heterocycles. The van der Waals surface area contributed by atoms with Crippen LogP contribution in [0.15, 0.2) is 85.1 Å². The normalized spacial score (nSPS) is 11.7. The summed E-state index contributed by atoms with van der Waals surface area (Å²) in [7, 11) is 1.59. The van der Waals surface area contributed by atoms with E-state index in [9.17, 15) is 19.1 Å². The molecule has 1 amide bonds. The second kappa shape index (κ2) is 11.5. The molecular formula is C32H29FN4O4. The first-order chi connectivity index (χ1) is 19.7. The van der Waals surface area contributed by atoms with Gasteiger partial charge in [0.1, 0.15) is 23.1 Å². The maximum atomic E-state index is 13.6. The van der Waals surface area contributed by atoms with E-state index < -0.39 is 23.7 Å². The number of para-hydroxylation sites is 1. The van der Waals surface area contributed by atoms with Crippen LogP contribution in [0, 0.1) is 19.7 Å².